The predicted molar refractivity (Wildman–Crippen MR) is 91.4 cm³/mol. The van der Waals surface area contributed by atoms with E-state index in [1.807, 2.05) is 19.1 Å². The maximum atomic E-state index is 5.25. The number of hydrogen-bond acceptors (Lipinski definition) is 6. The molecule has 0 saturated carbocycles. The van der Waals surface area contributed by atoms with Crippen molar-refractivity contribution in [2.24, 2.45) is 5.92 Å². The summed E-state index contributed by atoms with van der Waals surface area (Å²) in [5, 5.41) is 4.95. The number of anilines is 1. The van der Waals surface area contributed by atoms with Crippen LogP contribution in [0.1, 0.15) is 17.7 Å². The number of rotatable bonds is 4. The molecular weight excluding hydrogens is 304 g/mol. The molecule has 1 saturated heterocycles. The van der Waals surface area contributed by atoms with Gasteiger partial charge < -0.3 is 14.2 Å². The van der Waals surface area contributed by atoms with Crippen molar-refractivity contribution in [3.63, 3.8) is 0 Å². The highest BCUT2D eigenvalue weighted by atomic mass is 16.5. The van der Waals surface area contributed by atoms with E-state index in [0.717, 1.165) is 48.6 Å². The fraction of sp³-hybridized carbons (Fsp3) is 0.389. The van der Waals surface area contributed by atoms with Crippen LogP contribution in [0.3, 0.4) is 0 Å². The van der Waals surface area contributed by atoms with Gasteiger partial charge in [0.25, 0.3) is 5.71 Å². The zero-order valence-corrected chi connectivity index (χ0v) is 13.9. The molecule has 6 nitrogen and oxygen atoms in total. The average molecular weight is 324 g/mol. The van der Waals surface area contributed by atoms with Crippen molar-refractivity contribution in [2.45, 2.75) is 19.8 Å². The molecule has 2 aromatic heterocycles. The molecule has 0 bridgehead atoms. The average Bonchev–Trinajstić information content (AvgIpc) is 3.23. The van der Waals surface area contributed by atoms with Crippen LogP contribution in [0.4, 0.5) is 5.82 Å². The van der Waals surface area contributed by atoms with E-state index < -0.39 is 0 Å². The summed E-state index contributed by atoms with van der Waals surface area (Å²) in [4.78, 5) is 11.0. The molecule has 3 aromatic rings. The number of hydrogen-bond donors (Lipinski definition) is 0. The molecule has 6 heteroatoms. The van der Waals surface area contributed by atoms with Gasteiger partial charge in [-0.05, 0) is 43.4 Å². The van der Waals surface area contributed by atoms with Crippen LogP contribution in [0.5, 0.6) is 5.75 Å². The lowest BCUT2D eigenvalue weighted by molar-refractivity contribution is 0.414. The molecule has 1 aliphatic rings. The van der Waals surface area contributed by atoms with Gasteiger partial charge in [0.2, 0.25) is 0 Å². The number of ether oxygens (including phenoxy) is 1. The van der Waals surface area contributed by atoms with Gasteiger partial charge in [0.05, 0.1) is 12.8 Å². The normalized spacial score (nSPS) is 17.6. The van der Waals surface area contributed by atoms with Gasteiger partial charge in [-0.25, -0.2) is 4.98 Å². The van der Waals surface area contributed by atoms with E-state index in [4.69, 9.17) is 9.26 Å². The standard InChI is InChI=1S/C18H20N4O2/c1-12-16-17(19-11-20-18(16)24-21-12)22-8-7-14(10-22)9-13-3-5-15(23-2)6-4-13/h3-6,11,14H,7-10H2,1-2H3. The van der Waals surface area contributed by atoms with Gasteiger partial charge in [0.1, 0.15) is 23.3 Å². The third-order valence-electron chi connectivity index (χ3n) is 4.69. The van der Waals surface area contributed by atoms with Gasteiger partial charge in [0.15, 0.2) is 0 Å². The molecule has 124 valence electrons. The van der Waals surface area contributed by atoms with Crippen LogP contribution in [0.15, 0.2) is 35.1 Å². The summed E-state index contributed by atoms with van der Waals surface area (Å²) in [6.45, 7) is 3.92. The van der Waals surface area contributed by atoms with Gasteiger partial charge in [-0.3, -0.25) is 0 Å². The van der Waals surface area contributed by atoms with Crippen molar-refractivity contribution in [3.8, 4) is 5.75 Å². The molecule has 3 heterocycles. The van der Waals surface area contributed by atoms with E-state index in [2.05, 4.69) is 32.2 Å². The SMILES string of the molecule is COc1ccc(CC2CCN(c3ncnc4onc(C)c34)C2)cc1. The molecule has 0 amide bonds. The minimum absolute atomic E-state index is 0.566. The highest BCUT2D eigenvalue weighted by Crippen LogP contribution is 2.31. The van der Waals surface area contributed by atoms with Crippen molar-refractivity contribution in [1.29, 1.82) is 0 Å². The van der Waals surface area contributed by atoms with Crippen LogP contribution < -0.4 is 9.64 Å². The Kier molecular flexibility index (Phi) is 3.80. The molecule has 0 aliphatic carbocycles. The van der Waals surface area contributed by atoms with E-state index in [1.54, 1.807) is 13.4 Å². The maximum Gasteiger partial charge on any atom is 0.263 e. The molecule has 1 aliphatic heterocycles. The number of benzene rings is 1. The largest absolute Gasteiger partial charge is 0.497 e. The summed E-state index contributed by atoms with van der Waals surface area (Å²) in [5.41, 5.74) is 2.76. The van der Waals surface area contributed by atoms with E-state index in [1.165, 1.54) is 5.56 Å². The summed E-state index contributed by atoms with van der Waals surface area (Å²) < 4.78 is 10.5. The van der Waals surface area contributed by atoms with Crippen molar-refractivity contribution >= 4 is 16.9 Å². The lowest BCUT2D eigenvalue weighted by Gasteiger charge is -2.18. The summed E-state index contributed by atoms with van der Waals surface area (Å²) in [6.07, 6.45) is 3.78. The Morgan fingerprint density at radius 1 is 1.25 bits per heavy atom. The minimum atomic E-state index is 0.566. The van der Waals surface area contributed by atoms with Crippen molar-refractivity contribution < 1.29 is 9.26 Å². The van der Waals surface area contributed by atoms with E-state index in [9.17, 15) is 0 Å². The van der Waals surface area contributed by atoms with Gasteiger partial charge in [-0.2, -0.15) is 4.98 Å². The molecular formula is C18H20N4O2. The number of methoxy groups -OCH3 is 1. The van der Waals surface area contributed by atoms with Crippen LogP contribution in [0.25, 0.3) is 11.1 Å². The fourth-order valence-electron chi connectivity index (χ4n) is 3.43. The van der Waals surface area contributed by atoms with E-state index >= 15 is 0 Å². The Morgan fingerprint density at radius 2 is 2.08 bits per heavy atom. The molecule has 1 unspecified atom stereocenters. The number of aromatic nitrogens is 3. The Morgan fingerprint density at radius 3 is 2.88 bits per heavy atom. The zero-order valence-electron chi connectivity index (χ0n) is 13.9. The number of fused-ring (bicyclic) bond motifs is 1. The van der Waals surface area contributed by atoms with E-state index in [0.29, 0.717) is 11.6 Å². The highest BCUT2D eigenvalue weighted by Gasteiger charge is 2.26. The zero-order chi connectivity index (χ0) is 16.5. The molecule has 4 rings (SSSR count). The van der Waals surface area contributed by atoms with Gasteiger partial charge in [0, 0.05) is 13.1 Å². The Labute approximate surface area is 140 Å². The first-order chi connectivity index (χ1) is 11.7. The first kappa shape index (κ1) is 14.9. The van der Waals surface area contributed by atoms with Gasteiger partial charge in [-0.15, -0.1) is 0 Å². The Hall–Kier alpha value is -2.63. The summed E-state index contributed by atoms with van der Waals surface area (Å²) in [5.74, 6) is 2.46. The molecule has 1 fully saturated rings. The highest BCUT2D eigenvalue weighted by molar-refractivity contribution is 5.87. The maximum absolute atomic E-state index is 5.25. The second kappa shape index (κ2) is 6.11. The van der Waals surface area contributed by atoms with Gasteiger partial charge >= 0.3 is 0 Å². The second-order valence-corrected chi connectivity index (χ2v) is 6.30. The quantitative estimate of drug-likeness (QED) is 0.735. The minimum Gasteiger partial charge on any atom is -0.497 e. The first-order valence-electron chi connectivity index (χ1n) is 8.19. The smallest absolute Gasteiger partial charge is 0.263 e. The van der Waals surface area contributed by atoms with Crippen LogP contribution in [0, 0.1) is 12.8 Å². The number of aryl methyl sites for hydroxylation is 1. The van der Waals surface area contributed by atoms with Gasteiger partial charge in [-0.1, -0.05) is 17.3 Å². The topological polar surface area (TPSA) is 64.3 Å². The molecule has 1 atom stereocenters. The summed E-state index contributed by atoms with van der Waals surface area (Å²) in [6, 6.07) is 8.34. The number of nitrogens with zero attached hydrogens (tertiary/aromatic N) is 4. The van der Waals surface area contributed by atoms with Crippen LogP contribution >= 0.6 is 0 Å². The molecule has 0 N–H and O–H groups in total. The molecule has 0 radical (unpaired) electrons. The summed E-state index contributed by atoms with van der Waals surface area (Å²) >= 11 is 0. The fourth-order valence-corrected chi connectivity index (χ4v) is 3.43. The molecule has 1 aromatic carbocycles. The van der Waals surface area contributed by atoms with E-state index in [-0.39, 0.29) is 0 Å². The van der Waals surface area contributed by atoms with Crippen LogP contribution in [-0.4, -0.2) is 35.3 Å². The third kappa shape index (κ3) is 2.68. The Balaban J connectivity index is 1.50. The third-order valence-corrected chi connectivity index (χ3v) is 4.69. The molecule has 0 spiro atoms. The predicted octanol–water partition coefficient (Wildman–Crippen LogP) is 3.00. The lowest BCUT2D eigenvalue weighted by Crippen LogP contribution is -2.21. The lowest BCUT2D eigenvalue weighted by atomic mass is 9.99. The van der Waals surface area contributed by atoms with Crippen molar-refractivity contribution in [1.82, 2.24) is 15.1 Å². The second-order valence-electron chi connectivity index (χ2n) is 6.30. The summed E-state index contributed by atoms with van der Waals surface area (Å²) in [7, 11) is 1.69. The van der Waals surface area contributed by atoms with Crippen molar-refractivity contribution in [2.75, 3.05) is 25.1 Å². The monoisotopic (exact) mass is 324 g/mol. The van der Waals surface area contributed by atoms with Crippen LogP contribution in [0.2, 0.25) is 0 Å². The van der Waals surface area contributed by atoms with Crippen LogP contribution in [-0.2, 0) is 6.42 Å². The first-order valence-corrected chi connectivity index (χ1v) is 8.19. The molecule has 24 heavy (non-hydrogen) atoms. The Bertz CT molecular complexity index is 844. The van der Waals surface area contributed by atoms with Crippen molar-refractivity contribution in [3.05, 3.63) is 41.9 Å².